The van der Waals surface area contributed by atoms with Crippen molar-refractivity contribution in [1.82, 2.24) is 14.8 Å². The fraction of sp³-hybridized carbons (Fsp3) is 0.556. The number of likely N-dealkylation sites (tertiary alicyclic amines) is 1. The fourth-order valence-corrected chi connectivity index (χ4v) is 8.06. The van der Waals surface area contributed by atoms with E-state index in [0.717, 1.165) is 61.2 Å². The molecule has 0 unspecified atom stereocenters. The van der Waals surface area contributed by atoms with Crippen LogP contribution in [0.5, 0.6) is 5.75 Å². The van der Waals surface area contributed by atoms with E-state index in [0.29, 0.717) is 18.5 Å². The largest absolute Gasteiger partial charge is 0.493 e. The number of benzene rings is 2. The van der Waals surface area contributed by atoms with Gasteiger partial charge in [-0.1, -0.05) is 30.3 Å². The second-order valence-corrected chi connectivity index (χ2v) is 14.9. The molecular weight excluding hydrogens is 570 g/mol. The van der Waals surface area contributed by atoms with Gasteiger partial charge in [0.15, 0.2) is 0 Å². The van der Waals surface area contributed by atoms with Crippen molar-refractivity contribution in [2.45, 2.75) is 78.9 Å². The Kier molecular flexibility index (Phi) is 9.05. The highest BCUT2D eigenvalue weighted by molar-refractivity contribution is 7.15. The fourth-order valence-electron chi connectivity index (χ4n) is 6.92. The maximum Gasteiger partial charge on any atom is 0.410 e. The summed E-state index contributed by atoms with van der Waals surface area (Å²) in [7, 11) is 0. The molecule has 0 N–H and O–H groups in total. The van der Waals surface area contributed by atoms with Crippen LogP contribution in [-0.4, -0.2) is 72.5 Å². The Morgan fingerprint density at radius 2 is 1.73 bits per heavy atom. The molecular formula is C36H47N3O4S. The van der Waals surface area contributed by atoms with E-state index < -0.39 is 5.60 Å². The lowest BCUT2D eigenvalue weighted by Gasteiger charge is -2.33. The van der Waals surface area contributed by atoms with Crippen LogP contribution >= 0.6 is 11.3 Å². The number of carbonyl (C=O) groups is 1. The highest BCUT2D eigenvalue weighted by Crippen LogP contribution is 2.41. The molecule has 3 aromatic rings. The van der Waals surface area contributed by atoms with E-state index in [1.54, 1.807) is 16.2 Å². The van der Waals surface area contributed by atoms with E-state index in [1.807, 2.05) is 20.8 Å². The van der Waals surface area contributed by atoms with Crippen LogP contribution in [-0.2, 0) is 22.4 Å². The Bertz CT molecular complexity index is 1490. The topological polar surface area (TPSA) is 64.1 Å². The second-order valence-electron chi connectivity index (χ2n) is 13.8. The molecule has 1 aromatic heterocycles. The van der Waals surface area contributed by atoms with E-state index in [9.17, 15) is 4.79 Å². The SMILES string of the molecule is Cc1c(OCCCN2CCC3(CCOCC3)C2)cccc1-c1cccc(-c2nc3c(s2)CCN(C(=O)OC(C)(C)C)C3)c1C. The summed E-state index contributed by atoms with van der Waals surface area (Å²) in [5.41, 5.74) is 6.88. The van der Waals surface area contributed by atoms with Crippen molar-refractivity contribution < 1.29 is 19.0 Å². The van der Waals surface area contributed by atoms with Gasteiger partial charge in [-0.25, -0.2) is 9.78 Å². The zero-order valence-corrected chi connectivity index (χ0v) is 27.9. The van der Waals surface area contributed by atoms with Crippen LogP contribution < -0.4 is 4.74 Å². The molecule has 236 valence electrons. The number of fused-ring (bicyclic) bond motifs is 1. The number of thiazole rings is 1. The van der Waals surface area contributed by atoms with Gasteiger partial charge in [-0.15, -0.1) is 11.3 Å². The molecule has 2 saturated heterocycles. The van der Waals surface area contributed by atoms with E-state index in [4.69, 9.17) is 19.2 Å². The summed E-state index contributed by atoms with van der Waals surface area (Å²) in [5, 5.41) is 1.01. The number of amides is 1. The highest BCUT2D eigenvalue weighted by atomic mass is 32.1. The molecule has 2 fully saturated rings. The number of aromatic nitrogens is 1. The normalized spacial score (nSPS) is 18.4. The summed E-state index contributed by atoms with van der Waals surface area (Å²) in [6.45, 7) is 17.3. The third-order valence-electron chi connectivity index (χ3n) is 9.46. The summed E-state index contributed by atoms with van der Waals surface area (Å²) in [5.74, 6) is 0.960. The minimum Gasteiger partial charge on any atom is -0.493 e. The van der Waals surface area contributed by atoms with Crippen LogP contribution in [0.3, 0.4) is 0 Å². The molecule has 1 spiro atoms. The smallest absolute Gasteiger partial charge is 0.410 e. The summed E-state index contributed by atoms with van der Waals surface area (Å²) >= 11 is 1.75. The molecule has 0 aliphatic carbocycles. The van der Waals surface area contributed by atoms with Crippen LogP contribution in [0.4, 0.5) is 4.79 Å². The molecule has 8 heteroatoms. The molecule has 0 radical (unpaired) electrons. The first-order valence-corrected chi connectivity index (χ1v) is 17.0. The van der Waals surface area contributed by atoms with Crippen molar-refractivity contribution in [3.8, 4) is 27.4 Å². The van der Waals surface area contributed by atoms with Gasteiger partial charge in [0.2, 0.25) is 0 Å². The lowest BCUT2D eigenvalue weighted by Crippen LogP contribution is -2.39. The Hall–Kier alpha value is -2.94. The van der Waals surface area contributed by atoms with Gasteiger partial charge < -0.3 is 24.0 Å². The maximum absolute atomic E-state index is 12.7. The van der Waals surface area contributed by atoms with E-state index in [2.05, 4.69) is 55.1 Å². The highest BCUT2D eigenvalue weighted by Gasteiger charge is 2.39. The van der Waals surface area contributed by atoms with Crippen LogP contribution in [0.15, 0.2) is 36.4 Å². The van der Waals surface area contributed by atoms with Gasteiger partial charge in [0.05, 0.1) is 18.8 Å². The Morgan fingerprint density at radius 3 is 2.50 bits per heavy atom. The first-order chi connectivity index (χ1) is 21.1. The summed E-state index contributed by atoms with van der Waals surface area (Å²) < 4.78 is 17.6. The van der Waals surface area contributed by atoms with Crippen molar-refractivity contribution in [2.24, 2.45) is 5.41 Å². The lowest BCUT2D eigenvalue weighted by atomic mass is 9.80. The van der Waals surface area contributed by atoms with Crippen LogP contribution in [0.25, 0.3) is 21.7 Å². The number of nitrogens with zero attached hydrogens (tertiary/aromatic N) is 3. The molecule has 3 aliphatic heterocycles. The maximum atomic E-state index is 12.7. The molecule has 3 aliphatic rings. The van der Waals surface area contributed by atoms with Gasteiger partial charge in [0.1, 0.15) is 16.4 Å². The summed E-state index contributed by atoms with van der Waals surface area (Å²) in [4.78, 5) is 23.4. The first kappa shape index (κ1) is 31.1. The Morgan fingerprint density at radius 1 is 1.00 bits per heavy atom. The Balaban J connectivity index is 1.11. The Labute approximate surface area is 266 Å². The van der Waals surface area contributed by atoms with Crippen molar-refractivity contribution in [3.63, 3.8) is 0 Å². The third kappa shape index (κ3) is 6.82. The molecule has 0 saturated carbocycles. The predicted octanol–water partition coefficient (Wildman–Crippen LogP) is 7.66. The van der Waals surface area contributed by atoms with Crippen LogP contribution in [0.2, 0.25) is 0 Å². The van der Waals surface area contributed by atoms with Crippen LogP contribution in [0, 0.1) is 19.3 Å². The van der Waals surface area contributed by atoms with Gasteiger partial charge in [-0.3, -0.25) is 0 Å². The number of hydrogen-bond acceptors (Lipinski definition) is 7. The summed E-state index contributed by atoms with van der Waals surface area (Å²) in [6.07, 6.45) is 5.30. The van der Waals surface area contributed by atoms with Crippen molar-refractivity contribution >= 4 is 17.4 Å². The van der Waals surface area contributed by atoms with Gasteiger partial charge in [-0.05, 0) is 101 Å². The zero-order chi connectivity index (χ0) is 30.9. The third-order valence-corrected chi connectivity index (χ3v) is 10.7. The molecule has 0 atom stereocenters. The monoisotopic (exact) mass is 617 g/mol. The van der Waals surface area contributed by atoms with Crippen molar-refractivity contribution in [2.75, 3.05) is 46.0 Å². The molecule has 1 amide bonds. The molecule has 7 nitrogen and oxygen atoms in total. The average Bonchev–Trinajstić information content (AvgIpc) is 3.59. The molecule has 44 heavy (non-hydrogen) atoms. The molecule has 0 bridgehead atoms. The van der Waals surface area contributed by atoms with Gasteiger partial charge >= 0.3 is 6.09 Å². The van der Waals surface area contributed by atoms with E-state index in [-0.39, 0.29) is 6.09 Å². The number of carbonyl (C=O) groups excluding carboxylic acids is 1. The number of rotatable bonds is 7. The van der Waals surface area contributed by atoms with E-state index >= 15 is 0 Å². The second kappa shape index (κ2) is 12.8. The van der Waals surface area contributed by atoms with Gasteiger partial charge in [-0.2, -0.15) is 0 Å². The molecule has 2 aromatic carbocycles. The van der Waals surface area contributed by atoms with Gasteiger partial charge in [0, 0.05) is 49.7 Å². The van der Waals surface area contributed by atoms with Crippen molar-refractivity contribution in [1.29, 1.82) is 0 Å². The predicted molar refractivity (Wildman–Crippen MR) is 176 cm³/mol. The number of ether oxygens (including phenoxy) is 3. The standard InChI is InChI=1S/C36H47N3O4S/c1-25-27(9-6-11-29(25)33-37-30-23-39(18-13-32(30)44-33)34(40)43-35(3,4)5)28-10-7-12-31(26(28)2)42-20-8-17-38-19-14-36(24-38)15-21-41-22-16-36/h6-7,9-12H,8,13-24H2,1-5H3. The number of hydrogen-bond donors (Lipinski definition) is 0. The van der Waals surface area contributed by atoms with Crippen molar-refractivity contribution in [3.05, 3.63) is 58.1 Å². The zero-order valence-electron chi connectivity index (χ0n) is 27.0. The molecule has 6 rings (SSSR count). The van der Waals surface area contributed by atoms with Crippen LogP contribution in [0.1, 0.15) is 68.2 Å². The minimum atomic E-state index is -0.509. The lowest BCUT2D eigenvalue weighted by molar-refractivity contribution is 0.0191. The minimum absolute atomic E-state index is 0.270. The van der Waals surface area contributed by atoms with Gasteiger partial charge in [0.25, 0.3) is 0 Å². The first-order valence-electron chi connectivity index (χ1n) is 16.2. The summed E-state index contributed by atoms with van der Waals surface area (Å²) in [6, 6.07) is 12.9. The van der Waals surface area contributed by atoms with E-state index in [1.165, 1.54) is 59.5 Å². The average molecular weight is 618 g/mol. The molecule has 4 heterocycles. The quantitative estimate of drug-likeness (QED) is 0.254.